The molecule has 1 aromatic rings. The van der Waals surface area contributed by atoms with Crippen LogP contribution in [0.25, 0.3) is 0 Å². The van der Waals surface area contributed by atoms with Crippen LogP contribution in [0.1, 0.15) is 24.2 Å². The van der Waals surface area contributed by atoms with E-state index in [4.69, 9.17) is 5.73 Å². The third-order valence-corrected chi connectivity index (χ3v) is 3.21. The lowest BCUT2D eigenvalue weighted by molar-refractivity contribution is -0.133. The van der Waals surface area contributed by atoms with Gasteiger partial charge < -0.3 is 16.0 Å². The van der Waals surface area contributed by atoms with E-state index < -0.39 is 17.3 Å². The van der Waals surface area contributed by atoms with Gasteiger partial charge >= 0.3 is 0 Å². The number of anilines is 1. The number of amides is 2. The minimum atomic E-state index is -1.01. The van der Waals surface area contributed by atoms with Crippen LogP contribution in [0.15, 0.2) is 12.3 Å². The number of carbonyl (C=O) groups excluding carboxylic acids is 2. The fourth-order valence-corrected chi connectivity index (χ4v) is 2.02. The van der Waals surface area contributed by atoms with E-state index in [-0.39, 0.29) is 17.3 Å². The second kappa shape index (κ2) is 4.49. The summed E-state index contributed by atoms with van der Waals surface area (Å²) in [4.78, 5) is 29.2. The van der Waals surface area contributed by atoms with E-state index in [0.717, 1.165) is 12.3 Å². The maximum absolute atomic E-state index is 13.2. The smallest absolute Gasteiger partial charge is 0.258 e. The third kappa shape index (κ3) is 2.23. The number of carbonyl (C=O) groups is 2. The van der Waals surface area contributed by atoms with Crippen molar-refractivity contribution in [2.24, 2.45) is 0 Å². The maximum atomic E-state index is 13.2. The molecular weight excluding hydrogens is 251 g/mol. The number of nitrogens with one attached hydrogen (secondary N) is 1. The lowest BCUT2D eigenvalue weighted by atomic mass is 9.97. The summed E-state index contributed by atoms with van der Waals surface area (Å²) in [5.41, 5.74) is 4.56. The van der Waals surface area contributed by atoms with Gasteiger partial charge in [0.2, 0.25) is 5.91 Å². The maximum Gasteiger partial charge on any atom is 0.258 e. The first-order chi connectivity index (χ1) is 8.84. The predicted octanol–water partition coefficient (Wildman–Crippen LogP) is 0.153. The molecule has 1 saturated heterocycles. The molecule has 1 aliphatic heterocycles. The van der Waals surface area contributed by atoms with Crippen LogP contribution >= 0.6 is 0 Å². The molecular formula is C12H15FN4O2. The van der Waals surface area contributed by atoms with Crippen LogP contribution in [-0.2, 0) is 4.79 Å². The lowest BCUT2D eigenvalue weighted by Gasteiger charge is -2.41. The van der Waals surface area contributed by atoms with Gasteiger partial charge in [0.1, 0.15) is 17.2 Å². The van der Waals surface area contributed by atoms with Gasteiger partial charge in [0.05, 0.1) is 11.8 Å². The highest BCUT2D eigenvalue weighted by molar-refractivity contribution is 6.02. The summed E-state index contributed by atoms with van der Waals surface area (Å²) in [7, 11) is 0. The Morgan fingerprint density at radius 3 is 2.95 bits per heavy atom. The quantitative estimate of drug-likeness (QED) is 0.757. The first kappa shape index (κ1) is 13.3. The summed E-state index contributed by atoms with van der Waals surface area (Å²) in [6, 6.07) is 1.03. The van der Waals surface area contributed by atoms with Gasteiger partial charge in [-0.2, -0.15) is 0 Å². The molecule has 6 nitrogen and oxygen atoms in total. The van der Waals surface area contributed by atoms with Crippen molar-refractivity contribution in [3.8, 4) is 0 Å². The SMILES string of the molecule is CC1(C)C(=O)NCCN1C(=O)c1cc(F)cnc1N. The van der Waals surface area contributed by atoms with Gasteiger partial charge in [-0.1, -0.05) is 0 Å². The van der Waals surface area contributed by atoms with E-state index >= 15 is 0 Å². The molecule has 0 bridgehead atoms. The van der Waals surface area contributed by atoms with Crippen molar-refractivity contribution in [2.75, 3.05) is 18.8 Å². The first-order valence-electron chi connectivity index (χ1n) is 5.85. The average molecular weight is 266 g/mol. The summed E-state index contributed by atoms with van der Waals surface area (Å²) in [6.07, 6.45) is 0.945. The molecule has 102 valence electrons. The molecule has 0 saturated carbocycles. The van der Waals surface area contributed by atoms with Crippen LogP contribution in [0.2, 0.25) is 0 Å². The zero-order valence-corrected chi connectivity index (χ0v) is 10.7. The van der Waals surface area contributed by atoms with Crippen LogP contribution in [0.4, 0.5) is 10.2 Å². The second-order valence-electron chi connectivity index (χ2n) is 4.86. The standard InChI is InChI=1S/C12H15FN4O2/c1-12(2)11(19)15-3-4-17(12)10(18)8-5-7(13)6-16-9(8)14/h5-6H,3-4H2,1-2H3,(H2,14,16)(H,15,19). The van der Waals surface area contributed by atoms with Crippen molar-refractivity contribution in [3.63, 3.8) is 0 Å². The van der Waals surface area contributed by atoms with E-state index in [2.05, 4.69) is 10.3 Å². The predicted molar refractivity (Wildman–Crippen MR) is 66.7 cm³/mol. The number of nitrogen functional groups attached to an aromatic ring is 1. The first-order valence-corrected chi connectivity index (χ1v) is 5.85. The summed E-state index contributed by atoms with van der Waals surface area (Å²) < 4.78 is 13.2. The fraction of sp³-hybridized carbons (Fsp3) is 0.417. The monoisotopic (exact) mass is 266 g/mol. The van der Waals surface area contributed by atoms with Gasteiger partial charge in [0.15, 0.2) is 0 Å². The highest BCUT2D eigenvalue weighted by atomic mass is 19.1. The molecule has 19 heavy (non-hydrogen) atoms. The van der Waals surface area contributed by atoms with E-state index in [0.29, 0.717) is 13.1 Å². The van der Waals surface area contributed by atoms with Crippen LogP contribution < -0.4 is 11.1 Å². The largest absolute Gasteiger partial charge is 0.383 e. The number of halogens is 1. The van der Waals surface area contributed by atoms with Crippen molar-refractivity contribution >= 4 is 17.6 Å². The van der Waals surface area contributed by atoms with E-state index in [1.165, 1.54) is 4.90 Å². The number of aromatic nitrogens is 1. The van der Waals surface area contributed by atoms with Gasteiger partial charge in [-0.05, 0) is 19.9 Å². The summed E-state index contributed by atoms with van der Waals surface area (Å²) in [5, 5.41) is 2.68. The molecule has 0 unspecified atom stereocenters. The van der Waals surface area contributed by atoms with E-state index in [9.17, 15) is 14.0 Å². The van der Waals surface area contributed by atoms with E-state index in [1.807, 2.05) is 0 Å². The van der Waals surface area contributed by atoms with Gasteiger partial charge in [-0.15, -0.1) is 0 Å². The van der Waals surface area contributed by atoms with Crippen molar-refractivity contribution in [3.05, 3.63) is 23.6 Å². The van der Waals surface area contributed by atoms with Crippen LogP contribution in [-0.4, -0.2) is 40.3 Å². The Labute approximate surface area is 109 Å². The van der Waals surface area contributed by atoms with Crippen LogP contribution in [0.3, 0.4) is 0 Å². The van der Waals surface area contributed by atoms with Gasteiger partial charge in [-0.3, -0.25) is 9.59 Å². The number of piperazine rings is 1. The minimum absolute atomic E-state index is 0.0252. The molecule has 3 N–H and O–H groups in total. The molecule has 0 aromatic carbocycles. The lowest BCUT2D eigenvalue weighted by Crippen LogP contribution is -2.63. The molecule has 1 fully saturated rings. The normalized spacial score (nSPS) is 18.1. The Hall–Kier alpha value is -2.18. The van der Waals surface area contributed by atoms with Crippen molar-refractivity contribution in [1.82, 2.24) is 15.2 Å². The molecule has 2 amide bonds. The number of hydrogen-bond donors (Lipinski definition) is 2. The highest BCUT2D eigenvalue weighted by Gasteiger charge is 2.41. The molecule has 7 heteroatoms. The summed E-state index contributed by atoms with van der Waals surface area (Å²) in [6.45, 7) is 3.95. The molecule has 0 radical (unpaired) electrons. The molecule has 0 spiro atoms. The third-order valence-electron chi connectivity index (χ3n) is 3.21. The molecule has 2 rings (SSSR count). The Morgan fingerprint density at radius 2 is 2.26 bits per heavy atom. The van der Waals surface area contributed by atoms with Gasteiger partial charge in [0, 0.05) is 13.1 Å². The van der Waals surface area contributed by atoms with Crippen molar-refractivity contribution < 1.29 is 14.0 Å². The Bertz CT molecular complexity index is 545. The van der Waals surface area contributed by atoms with Gasteiger partial charge in [-0.25, -0.2) is 9.37 Å². The molecule has 1 aromatic heterocycles. The zero-order valence-electron chi connectivity index (χ0n) is 10.7. The van der Waals surface area contributed by atoms with Crippen LogP contribution in [0, 0.1) is 5.82 Å². The number of hydrogen-bond acceptors (Lipinski definition) is 4. The fourth-order valence-electron chi connectivity index (χ4n) is 2.02. The molecule has 2 heterocycles. The zero-order chi connectivity index (χ0) is 14.2. The number of pyridine rings is 1. The second-order valence-corrected chi connectivity index (χ2v) is 4.86. The summed E-state index contributed by atoms with van der Waals surface area (Å²) in [5.74, 6) is -1.44. The highest BCUT2D eigenvalue weighted by Crippen LogP contribution is 2.22. The Kier molecular flexibility index (Phi) is 3.13. The minimum Gasteiger partial charge on any atom is -0.383 e. The van der Waals surface area contributed by atoms with Crippen molar-refractivity contribution in [2.45, 2.75) is 19.4 Å². The number of nitrogens with two attached hydrogens (primary N) is 1. The number of nitrogens with zero attached hydrogens (tertiary/aromatic N) is 2. The van der Waals surface area contributed by atoms with Crippen LogP contribution in [0.5, 0.6) is 0 Å². The number of rotatable bonds is 1. The molecule has 1 aliphatic rings. The van der Waals surface area contributed by atoms with E-state index in [1.54, 1.807) is 13.8 Å². The molecule has 0 atom stereocenters. The Morgan fingerprint density at radius 1 is 1.58 bits per heavy atom. The average Bonchev–Trinajstić information content (AvgIpc) is 2.35. The summed E-state index contributed by atoms with van der Waals surface area (Å²) >= 11 is 0. The topological polar surface area (TPSA) is 88.3 Å². The molecule has 0 aliphatic carbocycles. The Balaban J connectivity index is 2.38. The van der Waals surface area contributed by atoms with Crippen molar-refractivity contribution in [1.29, 1.82) is 0 Å². The van der Waals surface area contributed by atoms with Gasteiger partial charge in [0.25, 0.3) is 5.91 Å².